The number of halogens is 3. The number of aliphatic carboxylic acids is 2. The van der Waals surface area contributed by atoms with E-state index in [-0.39, 0.29) is 30.9 Å². The average molecular weight is 432 g/mol. The average Bonchev–Trinajstić information content (AvgIpc) is 3.06. The van der Waals surface area contributed by atoms with Gasteiger partial charge in [0, 0.05) is 17.0 Å². The fourth-order valence-electron chi connectivity index (χ4n) is 2.54. The van der Waals surface area contributed by atoms with Gasteiger partial charge < -0.3 is 21.7 Å². The van der Waals surface area contributed by atoms with Crippen molar-refractivity contribution in [3.8, 4) is 0 Å². The lowest BCUT2D eigenvalue weighted by Crippen LogP contribution is -2.27. The van der Waals surface area contributed by atoms with Crippen molar-refractivity contribution in [1.29, 1.82) is 0 Å². The molecule has 1 aromatic heterocycles. The summed E-state index contributed by atoms with van der Waals surface area (Å²) in [6.45, 7) is 0. The highest BCUT2D eigenvalue weighted by atomic mass is 32.1. The molecule has 0 saturated carbocycles. The molecule has 1 heterocycles. The molecule has 0 bridgehead atoms. The summed E-state index contributed by atoms with van der Waals surface area (Å²) in [6.07, 6.45) is -4.21. The van der Waals surface area contributed by atoms with Crippen molar-refractivity contribution in [1.82, 2.24) is 0 Å². The van der Waals surface area contributed by atoms with Crippen molar-refractivity contribution < 1.29 is 33.0 Å². The van der Waals surface area contributed by atoms with Gasteiger partial charge in [-0.1, -0.05) is 24.3 Å². The zero-order valence-corrected chi connectivity index (χ0v) is 16.2. The molecular formula is C19H23F3N2O4S. The van der Waals surface area contributed by atoms with Crippen LogP contribution in [-0.4, -0.2) is 34.2 Å². The van der Waals surface area contributed by atoms with Crippen LogP contribution in [0.4, 0.5) is 13.2 Å². The van der Waals surface area contributed by atoms with Crippen molar-refractivity contribution in [3.63, 3.8) is 0 Å². The van der Waals surface area contributed by atoms with Gasteiger partial charge in [-0.3, -0.25) is 9.59 Å². The number of hydrogen-bond acceptors (Lipinski definition) is 5. The second-order valence-electron chi connectivity index (χ2n) is 6.36. The SMILES string of the molecule is N[C@@H](CC(=O)O)Cc1ccccc1C(F)(F)F.N[C@H](CC(=O)O)Cc1cccs1. The third-order valence-electron chi connectivity index (χ3n) is 3.72. The Morgan fingerprint density at radius 3 is 1.97 bits per heavy atom. The molecule has 6 N–H and O–H groups in total. The largest absolute Gasteiger partial charge is 0.481 e. The van der Waals surface area contributed by atoms with Crippen LogP contribution >= 0.6 is 11.3 Å². The molecule has 6 nitrogen and oxygen atoms in total. The first kappa shape index (κ1) is 24.6. The Kier molecular flexibility index (Phi) is 9.79. The zero-order valence-electron chi connectivity index (χ0n) is 15.4. The third kappa shape index (κ3) is 10.1. The molecule has 0 saturated heterocycles. The topological polar surface area (TPSA) is 127 Å². The van der Waals surface area contributed by atoms with E-state index in [1.165, 1.54) is 18.2 Å². The summed E-state index contributed by atoms with van der Waals surface area (Å²) in [7, 11) is 0. The molecule has 10 heteroatoms. The Morgan fingerprint density at radius 1 is 0.931 bits per heavy atom. The fraction of sp³-hybridized carbons (Fsp3) is 0.368. The third-order valence-corrected chi connectivity index (χ3v) is 4.62. The van der Waals surface area contributed by atoms with E-state index >= 15 is 0 Å². The number of alkyl halides is 3. The lowest BCUT2D eigenvalue weighted by molar-refractivity contribution is -0.139. The van der Waals surface area contributed by atoms with Crippen molar-refractivity contribution in [3.05, 3.63) is 57.8 Å². The second-order valence-corrected chi connectivity index (χ2v) is 7.39. The Hall–Kier alpha value is -2.43. The molecule has 0 spiro atoms. The Balaban J connectivity index is 0.000000308. The van der Waals surface area contributed by atoms with E-state index in [1.54, 1.807) is 11.3 Å². The van der Waals surface area contributed by atoms with Crippen LogP contribution in [0.25, 0.3) is 0 Å². The minimum absolute atomic E-state index is 0.0220. The monoisotopic (exact) mass is 432 g/mol. The smallest absolute Gasteiger partial charge is 0.416 e. The van der Waals surface area contributed by atoms with Gasteiger partial charge in [-0.2, -0.15) is 13.2 Å². The number of carboxylic acid groups (broad SMARTS) is 2. The highest BCUT2D eigenvalue weighted by Crippen LogP contribution is 2.32. The van der Waals surface area contributed by atoms with Crippen LogP contribution in [-0.2, 0) is 28.6 Å². The lowest BCUT2D eigenvalue weighted by Gasteiger charge is -2.15. The minimum atomic E-state index is -4.44. The van der Waals surface area contributed by atoms with Gasteiger partial charge in [-0.15, -0.1) is 11.3 Å². The van der Waals surface area contributed by atoms with Gasteiger partial charge >= 0.3 is 18.1 Å². The second kappa shape index (κ2) is 11.5. The Labute approximate surface area is 170 Å². The molecule has 2 atom stereocenters. The first-order valence-electron chi connectivity index (χ1n) is 8.61. The van der Waals surface area contributed by atoms with Crippen LogP contribution in [0, 0.1) is 0 Å². The summed E-state index contributed by atoms with van der Waals surface area (Å²) in [6, 6.07) is 7.84. The zero-order chi connectivity index (χ0) is 22.0. The van der Waals surface area contributed by atoms with Crippen LogP contribution in [0.15, 0.2) is 41.8 Å². The van der Waals surface area contributed by atoms with Crippen molar-refractivity contribution in [2.75, 3.05) is 0 Å². The normalized spacial score (nSPS) is 13.1. The predicted octanol–water partition coefficient (Wildman–Crippen LogP) is 3.14. The van der Waals surface area contributed by atoms with Crippen LogP contribution in [0.5, 0.6) is 0 Å². The predicted molar refractivity (Wildman–Crippen MR) is 104 cm³/mol. The molecule has 1 aromatic carbocycles. The van der Waals surface area contributed by atoms with E-state index in [9.17, 15) is 22.8 Å². The highest BCUT2D eigenvalue weighted by molar-refractivity contribution is 7.09. The van der Waals surface area contributed by atoms with Gasteiger partial charge in [0.2, 0.25) is 0 Å². The molecule has 0 fully saturated rings. The van der Waals surface area contributed by atoms with E-state index in [1.807, 2.05) is 17.5 Å². The molecule has 0 aliphatic carbocycles. The van der Waals surface area contributed by atoms with E-state index in [4.69, 9.17) is 21.7 Å². The van der Waals surface area contributed by atoms with Crippen LogP contribution in [0.1, 0.15) is 28.8 Å². The molecule has 0 amide bonds. The maximum absolute atomic E-state index is 12.6. The molecule has 0 unspecified atom stereocenters. The van der Waals surface area contributed by atoms with Crippen LogP contribution in [0.2, 0.25) is 0 Å². The van der Waals surface area contributed by atoms with Gasteiger partial charge in [0.15, 0.2) is 0 Å². The molecule has 160 valence electrons. The van der Waals surface area contributed by atoms with Gasteiger partial charge in [0.05, 0.1) is 18.4 Å². The van der Waals surface area contributed by atoms with E-state index in [2.05, 4.69) is 0 Å². The van der Waals surface area contributed by atoms with Gasteiger partial charge in [0.1, 0.15) is 0 Å². The number of carboxylic acids is 2. The quantitative estimate of drug-likeness (QED) is 0.508. The number of hydrogen-bond donors (Lipinski definition) is 4. The molecule has 0 radical (unpaired) electrons. The van der Waals surface area contributed by atoms with Crippen molar-refractivity contribution in [2.45, 2.75) is 43.9 Å². The fourth-order valence-corrected chi connectivity index (χ4v) is 3.34. The summed E-state index contributed by atoms with van der Waals surface area (Å²) >= 11 is 1.61. The molecule has 0 aliphatic heterocycles. The van der Waals surface area contributed by atoms with Crippen molar-refractivity contribution in [2.24, 2.45) is 11.5 Å². The van der Waals surface area contributed by atoms with E-state index < -0.39 is 29.7 Å². The highest BCUT2D eigenvalue weighted by Gasteiger charge is 2.33. The first-order chi connectivity index (χ1) is 13.5. The standard InChI is InChI=1S/C11H12F3NO2.C8H11NO2S/c12-11(13,14)9-4-2-1-3-7(9)5-8(15)6-10(16)17;9-6(5-8(10)11)4-7-2-1-3-12-7/h1-4,8H,5-6,15H2,(H,16,17);1-3,6H,4-5,9H2,(H,10,11)/t8-;6-/m10/s1. The summed E-state index contributed by atoms with van der Waals surface area (Å²) in [4.78, 5) is 21.8. The number of benzene rings is 1. The minimum Gasteiger partial charge on any atom is -0.481 e. The molecule has 29 heavy (non-hydrogen) atoms. The van der Waals surface area contributed by atoms with Gasteiger partial charge in [-0.05, 0) is 35.9 Å². The summed E-state index contributed by atoms with van der Waals surface area (Å²) in [5.41, 5.74) is 10.3. The van der Waals surface area contributed by atoms with Gasteiger partial charge in [0.25, 0.3) is 0 Å². The maximum Gasteiger partial charge on any atom is 0.416 e. The molecular weight excluding hydrogens is 409 g/mol. The van der Waals surface area contributed by atoms with Crippen molar-refractivity contribution >= 4 is 23.3 Å². The molecule has 2 rings (SSSR count). The number of rotatable bonds is 8. The summed E-state index contributed by atoms with van der Waals surface area (Å²) in [5, 5.41) is 18.9. The van der Waals surface area contributed by atoms with Crippen LogP contribution in [0.3, 0.4) is 0 Å². The molecule has 2 aromatic rings. The number of thiophene rings is 1. The van der Waals surface area contributed by atoms with Gasteiger partial charge in [-0.25, -0.2) is 0 Å². The Morgan fingerprint density at radius 2 is 1.48 bits per heavy atom. The molecule has 0 aliphatic rings. The van der Waals surface area contributed by atoms with E-state index in [0.717, 1.165) is 10.9 Å². The maximum atomic E-state index is 12.6. The number of nitrogens with two attached hydrogens (primary N) is 2. The first-order valence-corrected chi connectivity index (χ1v) is 9.49. The lowest BCUT2D eigenvalue weighted by atomic mass is 9.99. The summed E-state index contributed by atoms with van der Waals surface area (Å²) < 4.78 is 37.8. The Bertz CT molecular complexity index is 782. The van der Waals surface area contributed by atoms with E-state index in [0.29, 0.717) is 6.42 Å². The number of carbonyl (C=O) groups is 2. The van der Waals surface area contributed by atoms with Crippen LogP contribution < -0.4 is 11.5 Å². The summed E-state index contributed by atoms with van der Waals surface area (Å²) in [5.74, 6) is -1.96.